The van der Waals surface area contributed by atoms with Crippen LogP contribution in [0.4, 0.5) is 0 Å². The molecule has 0 unspecified atom stereocenters. The zero-order valence-electron chi connectivity index (χ0n) is 9.97. The van der Waals surface area contributed by atoms with Crippen molar-refractivity contribution < 1.29 is 31.0 Å². The second-order valence-electron chi connectivity index (χ2n) is 2.68. The first-order valence-corrected chi connectivity index (χ1v) is 8.66. The molecule has 0 N–H and O–H groups in total. The minimum atomic E-state index is 0. The first-order chi connectivity index (χ1) is 6.46. The van der Waals surface area contributed by atoms with Crippen molar-refractivity contribution in [2.75, 3.05) is 40.0 Å². The van der Waals surface area contributed by atoms with E-state index in [1.165, 1.54) is 0 Å². The molecule has 0 radical (unpaired) electrons. The van der Waals surface area contributed by atoms with Crippen LogP contribution in [0.25, 0.3) is 0 Å². The monoisotopic (exact) mass is 292 g/mol. The van der Waals surface area contributed by atoms with E-state index in [9.17, 15) is 0 Å². The maximum Gasteiger partial charge on any atom is 0 e. The second kappa shape index (κ2) is 62.0. The molecule has 0 aromatic rings. The van der Waals surface area contributed by atoms with Crippen LogP contribution in [0.2, 0.25) is 0 Å². The molecule has 0 fully saturated rings. The summed E-state index contributed by atoms with van der Waals surface area (Å²) < 4.78 is 22.5. The average molecular weight is 292 g/mol. The Labute approximate surface area is 107 Å². The molecule has 6 heteroatoms. The van der Waals surface area contributed by atoms with Crippen molar-refractivity contribution in [3.8, 4) is 0 Å². The van der Waals surface area contributed by atoms with Crippen molar-refractivity contribution in [2.45, 2.75) is 0 Å². The van der Waals surface area contributed by atoms with Crippen molar-refractivity contribution in [3.63, 3.8) is 0 Å². The zero-order valence-corrected chi connectivity index (χ0v) is 12.9. The summed E-state index contributed by atoms with van der Waals surface area (Å²) in [5, 5.41) is 0. The van der Waals surface area contributed by atoms with Crippen LogP contribution in [0.3, 0.4) is 0 Å². The molecular formula is C9H18FeO3P2. The van der Waals surface area contributed by atoms with Gasteiger partial charge in [-0.2, -0.15) is 0 Å². The maximum absolute atomic E-state index is 7.50. The molecule has 3 nitrogen and oxygen atoms in total. The summed E-state index contributed by atoms with van der Waals surface area (Å²) >= 11 is 0. The van der Waals surface area contributed by atoms with Gasteiger partial charge in [-0.25, -0.2) is 0 Å². The van der Waals surface area contributed by atoms with Crippen molar-refractivity contribution in [1.29, 1.82) is 0 Å². The zero-order chi connectivity index (χ0) is 13.2. The molecule has 0 amide bonds. The van der Waals surface area contributed by atoms with Crippen molar-refractivity contribution >= 4 is 15.8 Å². The van der Waals surface area contributed by atoms with Crippen molar-refractivity contribution in [3.05, 3.63) is 20.0 Å². The predicted molar refractivity (Wildman–Crippen MR) is 61.2 cm³/mol. The van der Waals surface area contributed by atoms with Gasteiger partial charge in [-0.05, 0) is 40.0 Å². The topological polar surface area (TPSA) is 59.7 Å². The third-order valence-electron chi connectivity index (χ3n) is 0. The Morgan fingerprint density at radius 1 is 0.533 bits per heavy atom. The Morgan fingerprint density at radius 3 is 0.533 bits per heavy atom. The molecule has 0 rings (SSSR count). The fraction of sp³-hybridized carbons (Fsp3) is 0.667. The van der Waals surface area contributed by atoms with E-state index in [0.717, 1.165) is 0 Å². The smallest absolute Gasteiger partial charge is 0 e. The summed E-state index contributed by atoms with van der Waals surface area (Å²) in [4.78, 5) is 0. The standard InChI is InChI=1S/2C3H9P.3CO.Fe/c2*1-4(2)3;3*1-2;/h2*1-3H3;;;;. The van der Waals surface area contributed by atoms with Gasteiger partial charge in [-0.3, -0.25) is 0 Å². The Hall–Kier alpha value is 0.599. The number of hydrogen-bond donors (Lipinski definition) is 0. The Balaban J connectivity index is -0.0000000175. The molecule has 90 valence electrons. The van der Waals surface area contributed by atoms with Crippen molar-refractivity contribution in [2.24, 2.45) is 0 Å². The van der Waals surface area contributed by atoms with Gasteiger partial charge in [0.05, 0.1) is 0 Å². The molecule has 0 aliphatic rings. The summed E-state index contributed by atoms with van der Waals surface area (Å²) in [6.45, 7) is 26.9. The molecule has 0 aliphatic heterocycles. The normalized spacial score (nSPS) is 5.20. The van der Waals surface area contributed by atoms with Gasteiger partial charge in [-0.1, -0.05) is 0 Å². The van der Waals surface area contributed by atoms with Gasteiger partial charge in [0.25, 0.3) is 0 Å². The molecular weight excluding hydrogens is 274 g/mol. The summed E-state index contributed by atoms with van der Waals surface area (Å²) in [5.41, 5.74) is 0. The largest absolute Gasteiger partial charge is 0 e. The van der Waals surface area contributed by atoms with E-state index < -0.39 is 0 Å². The quantitative estimate of drug-likeness (QED) is 0.285. The van der Waals surface area contributed by atoms with Crippen molar-refractivity contribution in [1.82, 2.24) is 0 Å². The summed E-state index contributed by atoms with van der Waals surface area (Å²) in [7, 11) is 0.759. The van der Waals surface area contributed by atoms with Crippen LogP contribution in [0.15, 0.2) is 0 Å². The Morgan fingerprint density at radius 2 is 0.533 bits per heavy atom. The van der Waals surface area contributed by atoms with Crippen LogP contribution < -0.4 is 0 Å². The Bertz CT molecular complexity index is 96.5. The van der Waals surface area contributed by atoms with E-state index >= 15 is 0 Å². The van der Waals surface area contributed by atoms with Gasteiger partial charge >= 0.3 is 33.9 Å². The summed E-state index contributed by atoms with van der Waals surface area (Å²) in [6, 6.07) is 0. The molecule has 0 bridgehead atoms. The SMILES string of the molecule is CP(C)C.CP(C)C.[C-]#[O+].[C-]#[O+].[C-]#[O+].[Fe]. The number of rotatable bonds is 0. The predicted octanol–water partition coefficient (Wildman–Crippen LogP) is 2.60. The molecule has 0 heterocycles. The number of hydrogen-bond acceptors (Lipinski definition) is 0. The Kier molecular flexibility index (Phi) is 149. The second-order valence-corrected chi connectivity index (χ2v) is 8.05. The minimum Gasteiger partial charge on any atom is 0 e. The molecule has 0 aliphatic carbocycles. The van der Waals surface area contributed by atoms with Gasteiger partial charge in [0, 0.05) is 17.1 Å². The van der Waals surface area contributed by atoms with Gasteiger partial charge in [0.2, 0.25) is 0 Å². The molecule has 0 saturated heterocycles. The third kappa shape index (κ3) is 6450. The van der Waals surface area contributed by atoms with Gasteiger partial charge in [0.1, 0.15) is 0 Å². The molecule has 0 saturated carbocycles. The van der Waals surface area contributed by atoms with Crippen LogP contribution in [-0.2, 0) is 31.0 Å². The third-order valence-corrected chi connectivity index (χ3v) is 0. The van der Waals surface area contributed by atoms with Gasteiger partial charge < -0.3 is 0 Å². The van der Waals surface area contributed by atoms with Crippen LogP contribution >= 0.6 is 15.8 Å². The van der Waals surface area contributed by atoms with Gasteiger partial charge in [0.15, 0.2) is 0 Å². The fourth-order valence-electron chi connectivity index (χ4n) is 0. The van der Waals surface area contributed by atoms with Crippen LogP contribution in [0.5, 0.6) is 0 Å². The maximum atomic E-state index is 7.50. The summed E-state index contributed by atoms with van der Waals surface area (Å²) in [6.07, 6.45) is 0. The van der Waals surface area contributed by atoms with Gasteiger partial charge in [-0.15, -0.1) is 15.8 Å². The molecule has 0 aromatic heterocycles. The first kappa shape index (κ1) is 36.1. The molecule has 0 aromatic carbocycles. The average Bonchev–Trinajstić information content (AvgIpc) is 2.12. The van der Waals surface area contributed by atoms with E-state index in [1.807, 2.05) is 0 Å². The van der Waals surface area contributed by atoms with E-state index in [1.54, 1.807) is 0 Å². The van der Waals surface area contributed by atoms with E-state index in [2.05, 4.69) is 59.9 Å². The fourth-order valence-corrected chi connectivity index (χ4v) is 0. The first-order valence-electron chi connectivity index (χ1n) is 3.30. The molecule has 15 heavy (non-hydrogen) atoms. The van der Waals surface area contributed by atoms with E-state index in [0.29, 0.717) is 15.8 Å². The minimum absolute atomic E-state index is 0. The van der Waals surface area contributed by atoms with Crippen LogP contribution in [-0.4, -0.2) is 40.0 Å². The molecule has 0 spiro atoms. The van der Waals surface area contributed by atoms with E-state index in [4.69, 9.17) is 14.0 Å². The van der Waals surface area contributed by atoms with Crippen LogP contribution in [0, 0.1) is 20.0 Å². The van der Waals surface area contributed by atoms with E-state index in [-0.39, 0.29) is 17.1 Å². The summed E-state index contributed by atoms with van der Waals surface area (Å²) in [5.74, 6) is 0. The van der Waals surface area contributed by atoms with Crippen LogP contribution in [0.1, 0.15) is 0 Å². The molecule has 0 atom stereocenters.